The van der Waals surface area contributed by atoms with Gasteiger partial charge in [0.15, 0.2) is 0 Å². The fraction of sp³-hybridized carbons (Fsp3) is 0.632. The Hall–Kier alpha value is -1.76. The number of alkyl halides is 3. The average molecular weight is 370 g/mol. The third-order valence-electron chi connectivity index (χ3n) is 5.50. The van der Waals surface area contributed by atoms with Gasteiger partial charge in [-0.2, -0.15) is 0 Å². The quantitative estimate of drug-likeness (QED) is 0.833. The maximum Gasteiger partial charge on any atom is 0.573 e. The number of rotatable bonds is 5. The molecule has 0 saturated heterocycles. The highest BCUT2D eigenvalue weighted by Gasteiger charge is 2.39. The van der Waals surface area contributed by atoms with Crippen molar-refractivity contribution in [3.8, 4) is 5.75 Å². The van der Waals surface area contributed by atoms with Gasteiger partial charge in [0.2, 0.25) is 5.91 Å². The second kappa shape index (κ2) is 7.86. The number of hydrogen-bond donors (Lipinski definition) is 2. The fourth-order valence-corrected chi connectivity index (χ4v) is 4.40. The Labute approximate surface area is 151 Å². The minimum absolute atomic E-state index is 0.00186. The summed E-state index contributed by atoms with van der Waals surface area (Å²) in [5.41, 5.74) is 6.92. The van der Waals surface area contributed by atoms with Crippen molar-refractivity contribution in [1.29, 1.82) is 0 Å². The van der Waals surface area contributed by atoms with Crippen LogP contribution in [-0.4, -0.2) is 24.4 Å². The molecule has 3 rings (SSSR count). The summed E-state index contributed by atoms with van der Waals surface area (Å²) >= 11 is 0. The maximum absolute atomic E-state index is 12.3. The molecule has 2 saturated carbocycles. The molecule has 3 N–H and O–H groups in total. The van der Waals surface area contributed by atoms with Crippen molar-refractivity contribution in [3.63, 3.8) is 0 Å². The van der Waals surface area contributed by atoms with Crippen LogP contribution in [0.3, 0.4) is 0 Å². The van der Waals surface area contributed by atoms with E-state index in [-0.39, 0.29) is 23.7 Å². The number of hydrogen-bond acceptors (Lipinski definition) is 3. The van der Waals surface area contributed by atoms with Crippen LogP contribution in [0, 0.1) is 11.8 Å². The Balaban J connectivity index is 1.48. The lowest BCUT2D eigenvalue weighted by Crippen LogP contribution is -2.53. The van der Waals surface area contributed by atoms with Gasteiger partial charge < -0.3 is 15.8 Å². The molecule has 0 aliphatic heterocycles. The molecule has 2 bridgehead atoms. The molecule has 2 fully saturated rings. The lowest BCUT2D eigenvalue weighted by Gasteiger charge is -2.45. The van der Waals surface area contributed by atoms with Crippen LogP contribution in [0.4, 0.5) is 13.2 Å². The summed E-state index contributed by atoms with van der Waals surface area (Å²) in [6.07, 6.45) is 1.51. The van der Waals surface area contributed by atoms with Crippen molar-refractivity contribution in [2.24, 2.45) is 17.6 Å². The number of benzene rings is 1. The molecular weight excluding hydrogens is 345 g/mol. The first-order chi connectivity index (χ1) is 12.3. The highest BCUT2D eigenvalue weighted by Crippen LogP contribution is 2.39. The number of halogens is 3. The Kier molecular flexibility index (Phi) is 5.75. The third-order valence-corrected chi connectivity index (χ3v) is 5.50. The predicted molar refractivity (Wildman–Crippen MR) is 91.4 cm³/mol. The average Bonchev–Trinajstić information content (AvgIpc) is 2.54. The first kappa shape index (κ1) is 19.0. The summed E-state index contributed by atoms with van der Waals surface area (Å²) in [5, 5.41) is 3.19. The van der Waals surface area contributed by atoms with E-state index in [0.29, 0.717) is 24.7 Å². The van der Waals surface area contributed by atoms with Crippen LogP contribution >= 0.6 is 0 Å². The van der Waals surface area contributed by atoms with Crippen molar-refractivity contribution in [3.05, 3.63) is 29.8 Å². The van der Waals surface area contributed by atoms with Crippen LogP contribution < -0.4 is 15.8 Å². The molecule has 0 spiro atoms. The highest BCUT2D eigenvalue weighted by molar-refractivity contribution is 5.76. The Bertz CT molecular complexity index is 604. The summed E-state index contributed by atoms with van der Waals surface area (Å²) < 4.78 is 40.3. The van der Waals surface area contributed by atoms with Crippen molar-refractivity contribution < 1.29 is 22.7 Å². The summed E-state index contributed by atoms with van der Waals surface area (Å²) in [4.78, 5) is 12.3. The van der Waals surface area contributed by atoms with Crippen LogP contribution in [0.15, 0.2) is 24.3 Å². The smallest absolute Gasteiger partial charge is 0.406 e. The Morgan fingerprint density at radius 3 is 2.35 bits per heavy atom. The van der Waals surface area contributed by atoms with Crippen LogP contribution in [0.25, 0.3) is 0 Å². The van der Waals surface area contributed by atoms with Gasteiger partial charge in [0.05, 0.1) is 0 Å². The van der Waals surface area contributed by atoms with Gasteiger partial charge in [0.1, 0.15) is 5.75 Å². The number of nitrogens with one attached hydrogen (secondary N) is 1. The summed E-state index contributed by atoms with van der Waals surface area (Å²) in [6, 6.07) is 6.13. The first-order valence-electron chi connectivity index (χ1n) is 9.20. The van der Waals surface area contributed by atoms with Crippen LogP contribution in [0.5, 0.6) is 5.75 Å². The van der Waals surface area contributed by atoms with E-state index in [1.54, 1.807) is 12.1 Å². The third kappa shape index (κ3) is 5.13. The van der Waals surface area contributed by atoms with Gasteiger partial charge in [0, 0.05) is 18.5 Å². The van der Waals surface area contributed by atoms with Gasteiger partial charge >= 0.3 is 6.36 Å². The van der Waals surface area contributed by atoms with Crippen LogP contribution in [0.2, 0.25) is 0 Å². The molecule has 1 aromatic rings. The molecule has 2 unspecified atom stereocenters. The Morgan fingerprint density at radius 1 is 1.15 bits per heavy atom. The van der Waals surface area contributed by atoms with Crippen molar-refractivity contribution in [2.75, 3.05) is 0 Å². The monoisotopic (exact) mass is 370 g/mol. The molecule has 2 aliphatic carbocycles. The summed E-state index contributed by atoms with van der Waals surface area (Å²) in [7, 11) is 0. The molecule has 0 radical (unpaired) electrons. The largest absolute Gasteiger partial charge is 0.573 e. The molecule has 0 heterocycles. The van der Waals surface area contributed by atoms with Gasteiger partial charge in [-0.25, -0.2) is 0 Å². The zero-order valence-corrected chi connectivity index (χ0v) is 14.6. The highest BCUT2D eigenvalue weighted by atomic mass is 19.4. The van der Waals surface area contributed by atoms with Crippen molar-refractivity contribution in [1.82, 2.24) is 5.32 Å². The Morgan fingerprint density at radius 2 is 1.77 bits per heavy atom. The maximum atomic E-state index is 12.3. The topological polar surface area (TPSA) is 64.3 Å². The zero-order chi connectivity index (χ0) is 18.7. The number of nitrogens with two attached hydrogens (primary N) is 1. The minimum Gasteiger partial charge on any atom is -0.406 e. The van der Waals surface area contributed by atoms with E-state index in [1.165, 1.54) is 18.6 Å². The number of carbonyl (C=O) groups is 1. The fourth-order valence-electron chi connectivity index (χ4n) is 4.40. The van der Waals surface area contributed by atoms with E-state index in [1.807, 2.05) is 0 Å². The van der Waals surface area contributed by atoms with Gasteiger partial charge in [0.25, 0.3) is 0 Å². The van der Waals surface area contributed by atoms with Gasteiger partial charge in [-0.1, -0.05) is 18.6 Å². The summed E-state index contributed by atoms with van der Waals surface area (Å²) in [5.74, 6) is 0.690. The van der Waals surface area contributed by atoms with Crippen LogP contribution in [0.1, 0.15) is 44.1 Å². The van der Waals surface area contributed by atoms with Crippen LogP contribution in [-0.2, 0) is 11.2 Å². The summed E-state index contributed by atoms with van der Waals surface area (Å²) in [6.45, 7) is 0. The number of aryl methyl sites for hydroxylation is 1. The van der Waals surface area contributed by atoms with Gasteiger partial charge in [-0.3, -0.25) is 4.79 Å². The zero-order valence-electron chi connectivity index (χ0n) is 14.6. The van der Waals surface area contributed by atoms with E-state index in [9.17, 15) is 18.0 Å². The molecule has 1 amide bonds. The molecule has 144 valence electrons. The SMILES string of the molecule is NC1CC2CCCC(C1)C2NC(=O)CCc1ccc(OC(F)(F)F)cc1. The van der Waals surface area contributed by atoms with Crippen molar-refractivity contribution >= 4 is 5.91 Å². The number of ether oxygens (including phenoxy) is 1. The normalized spacial score (nSPS) is 28.5. The van der Waals surface area contributed by atoms with Crippen molar-refractivity contribution in [2.45, 2.75) is 63.4 Å². The van der Waals surface area contributed by atoms with E-state index in [2.05, 4.69) is 10.1 Å². The van der Waals surface area contributed by atoms with E-state index in [4.69, 9.17) is 5.73 Å². The molecule has 2 aliphatic rings. The van der Waals surface area contributed by atoms with Gasteiger partial charge in [-0.05, 0) is 61.6 Å². The van der Waals surface area contributed by atoms with E-state index < -0.39 is 6.36 Å². The molecule has 4 nitrogen and oxygen atoms in total. The standard InChI is InChI=1S/C19H25F3N2O2/c20-19(21,22)26-16-7-4-12(5-8-16)6-9-17(25)24-18-13-2-1-3-14(18)11-15(23)10-13/h4-5,7-8,13-15,18H,1-3,6,9-11,23H2,(H,24,25). The predicted octanol–water partition coefficient (Wildman–Crippen LogP) is 3.54. The minimum atomic E-state index is -4.69. The number of carbonyl (C=O) groups excluding carboxylic acids is 1. The molecule has 2 atom stereocenters. The molecule has 7 heteroatoms. The van der Waals surface area contributed by atoms with E-state index >= 15 is 0 Å². The second-order valence-electron chi connectivity index (χ2n) is 7.47. The molecule has 0 aromatic heterocycles. The molecule has 1 aromatic carbocycles. The lowest BCUT2D eigenvalue weighted by molar-refractivity contribution is -0.274. The molecule has 26 heavy (non-hydrogen) atoms. The van der Waals surface area contributed by atoms with E-state index in [0.717, 1.165) is 31.2 Å². The molecular formula is C19H25F3N2O2. The lowest BCUT2D eigenvalue weighted by atomic mass is 9.67. The second-order valence-corrected chi connectivity index (χ2v) is 7.47. The number of fused-ring (bicyclic) bond motifs is 2. The van der Waals surface area contributed by atoms with Gasteiger partial charge in [-0.15, -0.1) is 13.2 Å². The first-order valence-corrected chi connectivity index (χ1v) is 9.20. The number of amides is 1.